The van der Waals surface area contributed by atoms with E-state index in [0.717, 1.165) is 23.4 Å². The predicted molar refractivity (Wildman–Crippen MR) is 129 cm³/mol. The summed E-state index contributed by atoms with van der Waals surface area (Å²) in [5.41, 5.74) is 2.13. The molecule has 0 radical (unpaired) electrons. The molecule has 0 heterocycles. The van der Waals surface area contributed by atoms with Gasteiger partial charge in [0.1, 0.15) is 0 Å². The summed E-state index contributed by atoms with van der Waals surface area (Å²) in [5.74, 6) is 2.16. The van der Waals surface area contributed by atoms with Crippen molar-refractivity contribution in [1.82, 2.24) is 10.6 Å². The molecule has 0 fully saturated rings. The van der Waals surface area contributed by atoms with Crippen molar-refractivity contribution < 1.29 is 14.6 Å². The highest BCUT2D eigenvalue weighted by Crippen LogP contribution is 2.28. The van der Waals surface area contributed by atoms with Gasteiger partial charge in [-0.1, -0.05) is 36.4 Å². The number of aliphatic hydroxyl groups excluding tert-OH is 1. The van der Waals surface area contributed by atoms with Crippen LogP contribution in [0.3, 0.4) is 0 Å². The number of hydrogen-bond acceptors (Lipinski definition) is 4. The average Bonchev–Trinajstić information content (AvgIpc) is 2.73. The monoisotopic (exact) mass is 513 g/mol. The molecule has 0 saturated heterocycles. The minimum Gasteiger partial charge on any atom is -0.493 e. The molecule has 0 saturated carbocycles. The van der Waals surface area contributed by atoms with Crippen molar-refractivity contribution >= 4 is 29.9 Å². The van der Waals surface area contributed by atoms with Crippen LogP contribution in [0.1, 0.15) is 30.9 Å². The van der Waals surface area contributed by atoms with E-state index in [1.165, 1.54) is 0 Å². The third kappa shape index (κ3) is 8.10. The van der Waals surface area contributed by atoms with Crippen LogP contribution in [0, 0.1) is 0 Å². The Balaban J connectivity index is 0.00000420. The van der Waals surface area contributed by atoms with Gasteiger partial charge in [-0.15, -0.1) is 24.0 Å². The Hall–Kier alpha value is -2.00. The smallest absolute Gasteiger partial charge is 0.191 e. The fourth-order valence-corrected chi connectivity index (χ4v) is 2.83. The molecule has 0 aliphatic rings. The van der Waals surface area contributed by atoms with E-state index >= 15 is 0 Å². The van der Waals surface area contributed by atoms with Gasteiger partial charge in [-0.2, -0.15) is 0 Å². The van der Waals surface area contributed by atoms with Gasteiger partial charge >= 0.3 is 0 Å². The van der Waals surface area contributed by atoms with Crippen molar-refractivity contribution in [1.29, 1.82) is 0 Å². The van der Waals surface area contributed by atoms with Crippen LogP contribution in [-0.2, 0) is 6.54 Å². The number of benzene rings is 2. The number of guanidine groups is 1. The maximum absolute atomic E-state index is 9.73. The normalized spacial score (nSPS) is 11.9. The van der Waals surface area contributed by atoms with E-state index in [1.807, 2.05) is 62.4 Å². The highest BCUT2D eigenvalue weighted by atomic mass is 127. The molecule has 0 aliphatic carbocycles. The molecule has 2 aromatic carbocycles. The highest BCUT2D eigenvalue weighted by Gasteiger charge is 2.11. The van der Waals surface area contributed by atoms with Crippen molar-refractivity contribution in [2.24, 2.45) is 4.99 Å². The van der Waals surface area contributed by atoms with Crippen LogP contribution >= 0.6 is 24.0 Å². The quantitative estimate of drug-likeness (QED) is 0.258. The number of rotatable bonds is 10. The number of aliphatic imine (C=N–C) groups is 1. The predicted octanol–water partition coefficient (Wildman–Crippen LogP) is 3.54. The van der Waals surface area contributed by atoms with Crippen LogP contribution in [0.2, 0.25) is 0 Å². The van der Waals surface area contributed by atoms with Crippen molar-refractivity contribution in [2.45, 2.75) is 26.3 Å². The largest absolute Gasteiger partial charge is 0.493 e. The first kappa shape index (κ1) is 25.0. The van der Waals surface area contributed by atoms with Crippen LogP contribution in [0.4, 0.5) is 0 Å². The summed E-state index contributed by atoms with van der Waals surface area (Å²) in [6, 6.07) is 15.8. The van der Waals surface area contributed by atoms with Gasteiger partial charge in [0.15, 0.2) is 17.5 Å². The Morgan fingerprint density at radius 3 is 2.45 bits per heavy atom. The van der Waals surface area contributed by atoms with E-state index in [1.54, 1.807) is 7.11 Å². The molecular formula is C22H32IN3O3. The Morgan fingerprint density at radius 1 is 1.07 bits per heavy atom. The zero-order chi connectivity index (χ0) is 20.2. The topological polar surface area (TPSA) is 75.1 Å². The van der Waals surface area contributed by atoms with E-state index in [4.69, 9.17) is 9.47 Å². The zero-order valence-corrected chi connectivity index (χ0v) is 19.7. The van der Waals surface area contributed by atoms with E-state index in [2.05, 4.69) is 15.6 Å². The molecule has 0 bridgehead atoms. The number of halogens is 1. The number of nitrogens with one attached hydrogen (secondary N) is 2. The molecular weight excluding hydrogens is 481 g/mol. The number of aliphatic hydroxyl groups is 1. The summed E-state index contributed by atoms with van der Waals surface area (Å²) in [7, 11) is 1.63. The first-order chi connectivity index (χ1) is 13.7. The molecule has 2 rings (SSSR count). The Labute approximate surface area is 190 Å². The van der Waals surface area contributed by atoms with Crippen LogP contribution in [0.25, 0.3) is 0 Å². The van der Waals surface area contributed by atoms with Crippen molar-refractivity contribution in [3.63, 3.8) is 0 Å². The molecule has 1 atom stereocenters. The molecule has 3 N–H and O–H groups in total. The van der Waals surface area contributed by atoms with E-state index in [0.29, 0.717) is 31.4 Å². The Morgan fingerprint density at radius 2 is 1.83 bits per heavy atom. The third-order valence-electron chi connectivity index (χ3n) is 4.30. The summed E-state index contributed by atoms with van der Waals surface area (Å²) >= 11 is 0. The lowest BCUT2D eigenvalue weighted by Crippen LogP contribution is -2.39. The first-order valence-corrected chi connectivity index (χ1v) is 9.69. The van der Waals surface area contributed by atoms with Gasteiger partial charge in [-0.25, -0.2) is 4.99 Å². The second-order valence-electron chi connectivity index (χ2n) is 6.28. The molecule has 0 aliphatic heterocycles. The SMILES string of the molecule is CCNC(=NCc1ccc(OC)c(OCC)c1)NCC(CO)c1ccccc1.I. The number of ether oxygens (including phenoxy) is 2. The van der Waals surface area contributed by atoms with E-state index in [-0.39, 0.29) is 36.5 Å². The molecule has 1 unspecified atom stereocenters. The van der Waals surface area contributed by atoms with Crippen LogP contribution < -0.4 is 20.1 Å². The maximum Gasteiger partial charge on any atom is 0.191 e. The fraction of sp³-hybridized carbons (Fsp3) is 0.409. The summed E-state index contributed by atoms with van der Waals surface area (Å²) < 4.78 is 11.0. The Kier molecular flexibility index (Phi) is 12.1. The second kappa shape index (κ2) is 14.1. The van der Waals surface area contributed by atoms with Gasteiger partial charge in [0, 0.05) is 19.0 Å². The molecule has 0 spiro atoms. The van der Waals surface area contributed by atoms with Crippen LogP contribution in [-0.4, -0.2) is 44.5 Å². The minimum absolute atomic E-state index is 0. The van der Waals surface area contributed by atoms with Gasteiger partial charge in [0.05, 0.1) is 26.9 Å². The molecule has 160 valence electrons. The first-order valence-electron chi connectivity index (χ1n) is 9.69. The zero-order valence-electron chi connectivity index (χ0n) is 17.4. The lowest BCUT2D eigenvalue weighted by Gasteiger charge is -2.18. The molecule has 6 nitrogen and oxygen atoms in total. The van der Waals surface area contributed by atoms with Gasteiger partial charge < -0.3 is 25.2 Å². The molecule has 29 heavy (non-hydrogen) atoms. The average molecular weight is 513 g/mol. The third-order valence-corrected chi connectivity index (χ3v) is 4.30. The second-order valence-corrected chi connectivity index (χ2v) is 6.28. The number of methoxy groups -OCH3 is 1. The lowest BCUT2D eigenvalue weighted by molar-refractivity contribution is 0.265. The summed E-state index contributed by atoms with van der Waals surface area (Å²) in [6.07, 6.45) is 0. The standard InChI is InChI=1S/C22H31N3O3.HI/c1-4-23-22(25-15-19(16-26)18-9-7-6-8-10-18)24-14-17-11-12-20(27-3)21(13-17)28-5-2;/h6-13,19,26H,4-5,14-16H2,1-3H3,(H2,23,24,25);1H. The summed E-state index contributed by atoms with van der Waals surface area (Å²) in [5, 5.41) is 16.3. The van der Waals surface area contributed by atoms with Gasteiger partial charge in [0.25, 0.3) is 0 Å². The summed E-state index contributed by atoms with van der Waals surface area (Å²) in [4.78, 5) is 4.66. The molecule has 7 heteroatoms. The van der Waals surface area contributed by atoms with Crippen molar-refractivity contribution in [3.8, 4) is 11.5 Å². The lowest BCUT2D eigenvalue weighted by atomic mass is 10.0. The van der Waals surface area contributed by atoms with E-state index < -0.39 is 0 Å². The summed E-state index contributed by atoms with van der Waals surface area (Å²) in [6.45, 7) is 6.49. The molecule has 0 aromatic heterocycles. The van der Waals surface area contributed by atoms with Gasteiger partial charge in [-0.05, 0) is 37.1 Å². The van der Waals surface area contributed by atoms with Gasteiger partial charge in [-0.3, -0.25) is 0 Å². The maximum atomic E-state index is 9.73. The highest BCUT2D eigenvalue weighted by molar-refractivity contribution is 14.0. The number of hydrogen-bond donors (Lipinski definition) is 3. The van der Waals surface area contributed by atoms with Crippen molar-refractivity contribution in [2.75, 3.05) is 33.4 Å². The fourth-order valence-electron chi connectivity index (χ4n) is 2.83. The molecule has 0 amide bonds. The van der Waals surface area contributed by atoms with Crippen molar-refractivity contribution in [3.05, 3.63) is 59.7 Å². The Bertz CT molecular complexity index is 741. The van der Waals surface area contributed by atoms with Crippen LogP contribution in [0.15, 0.2) is 53.5 Å². The van der Waals surface area contributed by atoms with Gasteiger partial charge in [0.2, 0.25) is 0 Å². The minimum atomic E-state index is 0. The number of nitrogens with zero attached hydrogens (tertiary/aromatic N) is 1. The molecule has 2 aromatic rings. The van der Waals surface area contributed by atoms with E-state index in [9.17, 15) is 5.11 Å². The van der Waals surface area contributed by atoms with Crippen LogP contribution in [0.5, 0.6) is 11.5 Å².